The number of hydrogen-bond donors (Lipinski definition) is 2. The third-order valence-electron chi connectivity index (χ3n) is 1.47. The van der Waals surface area contributed by atoms with E-state index in [2.05, 4.69) is 10.2 Å². The molecule has 1 rings (SSSR count). The van der Waals surface area contributed by atoms with Crippen molar-refractivity contribution in [3.63, 3.8) is 0 Å². The van der Waals surface area contributed by atoms with Crippen molar-refractivity contribution in [2.24, 2.45) is 0 Å². The van der Waals surface area contributed by atoms with Gasteiger partial charge in [0.2, 0.25) is 0 Å². The molecule has 0 atom stereocenters. The first-order valence-electron chi connectivity index (χ1n) is 3.43. The molecule has 2 N–H and O–H groups in total. The second-order valence-electron chi connectivity index (χ2n) is 2.70. The van der Waals surface area contributed by atoms with E-state index < -0.39 is 0 Å². The number of nitrogens with one attached hydrogen (secondary N) is 2. The molecule has 11 heavy (non-hydrogen) atoms. The van der Waals surface area contributed by atoms with Crippen LogP contribution in [0.25, 0.3) is 0 Å². The fraction of sp³-hybridized carbons (Fsp3) is 0.429. The maximum Gasteiger partial charge on any atom is 0.266 e. The summed E-state index contributed by atoms with van der Waals surface area (Å²) in [6.07, 6.45) is 0. The third-order valence-corrected chi connectivity index (χ3v) is 1.47. The quantitative estimate of drug-likeness (QED) is 0.619. The van der Waals surface area contributed by atoms with Crippen LogP contribution in [0.5, 0.6) is 0 Å². The average Bonchev–Trinajstić information content (AvgIpc) is 1.94. The predicted molar refractivity (Wildman–Crippen MR) is 43.9 cm³/mol. The van der Waals surface area contributed by atoms with Crippen LogP contribution in [0.15, 0.2) is 15.7 Å². The number of rotatable bonds is 1. The Morgan fingerprint density at radius 1 is 1.36 bits per heavy atom. The number of H-pyrrole nitrogens is 2. The molecule has 0 bridgehead atoms. The van der Waals surface area contributed by atoms with Crippen LogP contribution in [-0.4, -0.2) is 10.2 Å². The van der Waals surface area contributed by atoms with Gasteiger partial charge in [-0.3, -0.25) is 19.8 Å². The maximum absolute atomic E-state index is 11.0. The van der Waals surface area contributed by atoms with E-state index >= 15 is 0 Å². The monoisotopic (exact) mass is 156 g/mol. The van der Waals surface area contributed by atoms with Gasteiger partial charge in [-0.2, -0.15) is 0 Å². The molecule has 0 spiro atoms. The van der Waals surface area contributed by atoms with Crippen molar-refractivity contribution in [1.82, 2.24) is 10.2 Å². The Bertz CT molecular complexity index is 353. The lowest BCUT2D eigenvalue weighted by molar-refractivity contribution is 0.810. The molecule has 0 radical (unpaired) electrons. The minimum atomic E-state index is -0.270. The van der Waals surface area contributed by atoms with Crippen LogP contribution in [0.3, 0.4) is 0 Å². The molecule has 0 aliphatic rings. The van der Waals surface area contributed by atoms with Crippen molar-refractivity contribution < 1.29 is 1.43 Å². The summed E-state index contributed by atoms with van der Waals surface area (Å²) in [6.45, 7) is 3.73. The van der Waals surface area contributed by atoms with Crippen molar-refractivity contribution in [3.05, 3.63) is 32.3 Å². The topological polar surface area (TPSA) is 65.7 Å². The Labute approximate surface area is 64.7 Å². The van der Waals surface area contributed by atoms with E-state index in [9.17, 15) is 9.59 Å². The van der Waals surface area contributed by atoms with Gasteiger partial charge in [-0.15, -0.1) is 0 Å². The van der Waals surface area contributed by atoms with Crippen LogP contribution in [0, 0.1) is 0 Å². The van der Waals surface area contributed by atoms with Gasteiger partial charge >= 0.3 is 0 Å². The minimum Gasteiger partial charge on any atom is -0.268 e. The molecular weight excluding hydrogens is 144 g/mol. The molecule has 0 amide bonds. The average molecular weight is 156 g/mol. The molecular formula is C7H12N2O2. The first-order valence-corrected chi connectivity index (χ1v) is 3.43. The normalized spacial score (nSPS) is 10.5. The Hall–Kier alpha value is -1.32. The summed E-state index contributed by atoms with van der Waals surface area (Å²) < 4.78 is 0. The van der Waals surface area contributed by atoms with Crippen molar-refractivity contribution in [3.8, 4) is 0 Å². The van der Waals surface area contributed by atoms with Crippen LogP contribution in [0.1, 0.15) is 26.8 Å². The van der Waals surface area contributed by atoms with Gasteiger partial charge in [0.05, 0.1) is 0 Å². The summed E-state index contributed by atoms with van der Waals surface area (Å²) in [5.41, 5.74) is 0.0293. The highest BCUT2D eigenvalue weighted by molar-refractivity contribution is 5.10. The second-order valence-corrected chi connectivity index (χ2v) is 2.70. The van der Waals surface area contributed by atoms with Crippen LogP contribution in [0.2, 0.25) is 0 Å². The van der Waals surface area contributed by atoms with E-state index in [1.165, 1.54) is 6.07 Å². The summed E-state index contributed by atoms with van der Waals surface area (Å²) in [5.74, 6) is 0.0843. The van der Waals surface area contributed by atoms with Crippen LogP contribution in [0.4, 0.5) is 0 Å². The number of hydrogen-bond acceptors (Lipinski definition) is 2. The Morgan fingerprint density at radius 2 is 2.00 bits per heavy atom. The highest BCUT2D eigenvalue weighted by Crippen LogP contribution is 2.04. The molecule has 0 saturated carbocycles. The third kappa shape index (κ3) is 1.58. The molecule has 0 unspecified atom stereocenters. The molecule has 1 aromatic rings. The van der Waals surface area contributed by atoms with Gasteiger partial charge in [-0.25, -0.2) is 0 Å². The Balaban J connectivity index is 0.00000121. The zero-order valence-electron chi connectivity index (χ0n) is 6.47. The van der Waals surface area contributed by atoms with Crippen molar-refractivity contribution in [2.75, 3.05) is 0 Å². The molecule has 4 heteroatoms. The highest BCUT2D eigenvalue weighted by atomic mass is 16.1. The van der Waals surface area contributed by atoms with Gasteiger partial charge < -0.3 is 0 Å². The summed E-state index contributed by atoms with van der Waals surface area (Å²) in [4.78, 5) is 21.7. The largest absolute Gasteiger partial charge is 0.268 e. The summed E-state index contributed by atoms with van der Waals surface area (Å²) >= 11 is 0. The van der Waals surface area contributed by atoms with Gasteiger partial charge in [0.15, 0.2) is 0 Å². The fourth-order valence-electron chi connectivity index (χ4n) is 0.862. The smallest absolute Gasteiger partial charge is 0.266 e. The molecule has 1 aromatic heterocycles. The van der Waals surface area contributed by atoms with Gasteiger partial charge in [-0.1, -0.05) is 13.8 Å². The van der Waals surface area contributed by atoms with E-state index in [4.69, 9.17) is 0 Å². The summed E-state index contributed by atoms with van der Waals surface area (Å²) in [5, 5.41) is 4.46. The summed E-state index contributed by atoms with van der Waals surface area (Å²) in [6, 6.07) is 1.32. The van der Waals surface area contributed by atoms with E-state index in [-0.39, 0.29) is 18.5 Å². The van der Waals surface area contributed by atoms with Gasteiger partial charge in [0.25, 0.3) is 11.1 Å². The number of aromatic amines is 2. The lowest BCUT2D eigenvalue weighted by Crippen LogP contribution is -2.22. The first-order chi connectivity index (χ1) is 5.11. The van der Waals surface area contributed by atoms with Gasteiger partial charge in [-0.05, 0) is 5.92 Å². The molecule has 0 aliphatic heterocycles. The van der Waals surface area contributed by atoms with Crippen LogP contribution < -0.4 is 11.1 Å². The molecule has 0 aliphatic carbocycles. The zero-order valence-corrected chi connectivity index (χ0v) is 6.47. The van der Waals surface area contributed by atoms with Gasteiger partial charge in [0, 0.05) is 13.1 Å². The molecule has 4 nitrogen and oxygen atoms in total. The zero-order chi connectivity index (χ0) is 8.43. The van der Waals surface area contributed by atoms with Crippen LogP contribution >= 0.6 is 0 Å². The Morgan fingerprint density at radius 3 is 2.45 bits per heavy atom. The molecule has 1 heterocycles. The van der Waals surface area contributed by atoms with E-state index in [0.717, 1.165) is 0 Å². The van der Waals surface area contributed by atoms with Gasteiger partial charge in [0.1, 0.15) is 0 Å². The van der Waals surface area contributed by atoms with E-state index in [0.29, 0.717) is 5.56 Å². The van der Waals surface area contributed by atoms with Crippen molar-refractivity contribution >= 4 is 0 Å². The van der Waals surface area contributed by atoms with Crippen LogP contribution in [-0.2, 0) is 0 Å². The van der Waals surface area contributed by atoms with E-state index in [1.54, 1.807) is 0 Å². The number of aromatic nitrogens is 2. The lowest BCUT2D eigenvalue weighted by atomic mass is 10.1. The van der Waals surface area contributed by atoms with Crippen molar-refractivity contribution in [2.45, 2.75) is 19.8 Å². The van der Waals surface area contributed by atoms with Crippen molar-refractivity contribution in [1.29, 1.82) is 0 Å². The molecule has 62 valence electrons. The second kappa shape index (κ2) is 2.74. The summed E-state index contributed by atoms with van der Waals surface area (Å²) in [7, 11) is 0. The molecule has 0 saturated heterocycles. The predicted octanol–water partition coefficient (Wildman–Crippen LogP) is 0.433. The van der Waals surface area contributed by atoms with E-state index in [1.807, 2.05) is 13.8 Å². The molecule has 0 fully saturated rings. The minimum absolute atomic E-state index is 0. The fourth-order valence-corrected chi connectivity index (χ4v) is 0.862. The SMILES string of the molecule is CC(C)c1cc(=O)[nH][nH]c1=O.[HH]. The highest BCUT2D eigenvalue weighted by Gasteiger charge is 2.03. The standard InChI is InChI=1S/C7H10N2O2.H2/c1-4(2)5-3-6(10)8-9-7(5)11;/h3-4H,1-2H3,(H,8,10)(H,9,11);1H. The molecule has 0 aromatic carbocycles. The Kier molecular flexibility index (Phi) is 1.94. The first kappa shape index (κ1) is 7.78. The maximum atomic E-state index is 11.0. The lowest BCUT2D eigenvalue weighted by Gasteiger charge is -2.00.